The summed E-state index contributed by atoms with van der Waals surface area (Å²) in [5, 5.41) is 9.00. The van der Waals surface area contributed by atoms with E-state index in [0.29, 0.717) is 19.1 Å². The highest BCUT2D eigenvalue weighted by Crippen LogP contribution is 1.97. The lowest BCUT2D eigenvalue weighted by Crippen LogP contribution is -2.47. The minimum absolute atomic E-state index is 0. The Hall–Kier alpha value is -1.35. The van der Waals surface area contributed by atoms with Gasteiger partial charge in [0.25, 0.3) is 0 Å². The SMILES string of the molecule is CN=C(NCC(=O)NCCc1ccccc1)NC(C)COC.I. The van der Waals surface area contributed by atoms with E-state index >= 15 is 0 Å². The number of aliphatic imine (C=N–C) groups is 1. The van der Waals surface area contributed by atoms with Gasteiger partial charge in [0, 0.05) is 26.7 Å². The highest BCUT2D eigenvalue weighted by molar-refractivity contribution is 14.0. The van der Waals surface area contributed by atoms with Crippen LogP contribution < -0.4 is 16.0 Å². The third-order valence-corrected chi connectivity index (χ3v) is 3.02. The maximum absolute atomic E-state index is 11.8. The summed E-state index contributed by atoms with van der Waals surface area (Å²) in [6.45, 7) is 3.37. The Labute approximate surface area is 155 Å². The van der Waals surface area contributed by atoms with Crippen molar-refractivity contribution in [3.8, 4) is 0 Å². The van der Waals surface area contributed by atoms with Crippen molar-refractivity contribution in [2.75, 3.05) is 33.9 Å². The molecule has 1 rings (SSSR count). The first-order valence-corrected chi connectivity index (χ1v) is 7.42. The molecule has 1 unspecified atom stereocenters. The van der Waals surface area contributed by atoms with Gasteiger partial charge >= 0.3 is 0 Å². The summed E-state index contributed by atoms with van der Waals surface area (Å²) in [6, 6.07) is 10.2. The molecule has 0 saturated carbocycles. The molecule has 0 aromatic heterocycles. The summed E-state index contributed by atoms with van der Waals surface area (Å²) in [5.74, 6) is 0.529. The number of amides is 1. The predicted octanol–water partition coefficient (Wildman–Crippen LogP) is 1.16. The van der Waals surface area contributed by atoms with E-state index in [1.165, 1.54) is 5.56 Å². The number of hydrogen-bond donors (Lipinski definition) is 3. The summed E-state index contributed by atoms with van der Waals surface area (Å²) in [5.41, 5.74) is 1.21. The number of rotatable bonds is 8. The summed E-state index contributed by atoms with van der Waals surface area (Å²) < 4.78 is 5.05. The maximum atomic E-state index is 11.8. The standard InChI is InChI=1S/C16H26N4O2.HI/c1-13(12-22-3)20-16(17-2)19-11-15(21)18-10-9-14-7-5-4-6-8-14;/h4-8,13H,9-12H2,1-3H3,(H,18,21)(H2,17,19,20);1H. The van der Waals surface area contributed by atoms with E-state index in [2.05, 4.69) is 20.9 Å². The van der Waals surface area contributed by atoms with Crippen molar-refractivity contribution in [2.45, 2.75) is 19.4 Å². The number of carbonyl (C=O) groups excluding carboxylic acids is 1. The molecule has 0 aliphatic rings. The minimum Gasteiger partial charge on any atom is -0.383 e. The van der Waals surface area contributed by atoms with Gasteiger partial charge < -0.3 is 20.7 Å². The van der Waals surface area contributed by atoms with Crippen molar-refractivity contribution in [2.24, 2.45) is 4.99 Å². The Morgan fingerprint density at radius 2 is 1.96 bits per heavy atom. The molecule has 0 saturated heterocycles. The Morgan fingerprint density at radius 3 is 2.57 bits per heavy atom. The zero-order valence-electron chi connectivity index (χ0n) is 14.0. The van der Waals surface area contributed by atoms with Gasteiger partial charge in [-0.2, -0.15) is 0 Å². The number of nitrogens with one attached hydrogen (secondary N) is 3. The molecule has 6 nitrogen and oxygen atoms in total. The van der Waals surface area contributed by atoms with E-state index in [1.54, 1.807) is 14.2 Å². The largest absolute Gasteiger partial charge is 0.383 e. The molecule has 0 aliphatic carbocycles. The van der Waals surface area contributed by atoms with Crippen molar-refractivity contribution in [3.63, 3.8) is 0 Å². The summed E-state index contributed by atoms with van der Waals surface area (Å²) in [4.78, 5) is 15.9. The van der Waals surface area contributed by atoms with Crippen molar-refractivity contribution in [1.82, 2.24) is 16.0 Å². The third kappa shape index (κ3) is 10.1. The first-order chi connectivity index (χ1) is 10.7. The van der Waals surface area contributed by atoms with E-state index in [4.69, 9.17) is 4.74 Å². The second-order valence-corrected chi connectivity index (χ2v) is 5.01. The highest BCUT2D eigenvalue weighted by atomic mass is 127. The normalized spacial score (nSPS) is 12.0. The summed E-state index contributed by atoms with van der Waals surface area (Å²) in [6.07, 6.45) is 0.824. The van der Waals surface area contributed by atoms with Crippen LogP contribution in [-0.2, 0) is 16.0 Å². The van der Waals surface area contributed by atoms with Gasteiger partial charge in [0.1, 0.15) is 0 Å². The molecule has 0 aliphatic heterocycles. The van der Waals surface area contributed by atoms with Crippen molar-refractivity contribution in [1.29, 1.82) is 0 Å². The van der Waals surface area contributed by atoms with Crippen LogP contribution in [0, 0.1) is 0 Å². The number of ether oxygens (including phenoxy) is 1. The molecular weight excluding hydrogens is 407 g/mol. The van der Waals surface area contributed by atoms with E-state index in [0.717, 1.165) is 6.42 Å². The average Bonchev–Trinajstić information content (AvgIpc) is 2.52. The van der Waals surface area contributed by atoms with Crippen LogP contribution in [-0.4, -0.2) is 51.8 Å². The van der Waals surface area contributed by atoms with Crippen LogP contribution in [0.4, 0.5) is 0 Å². The molecule has 23 heavy (non-hydrogen) atoms. The number of hydrogen-bond acceptors (Lipinski definition) is 3. The molecular formula is C16H27IN4O2. The Morgan fingerprint density at radius 1 is 1.26 bits per heavy atom. The third-order valence-electron chi connectivity index (χ3n) is 3.02. The summed E-state index contributed by atoms with van der Waals surface area (Å²) in [7, 11) is 3.32. The van der Waals surface area contributed by atoms with Gasteiger partial charge in [0.2, 0.25) is 5.91 Å². The number of halogens is 1. The lowest BCUT2D eigenvalue weighted by molar-refractivity contribution is -0.119. The average molecular weight is 434 g/mol. The van der Waals surface area contributed by atoms with Gasteiger partial charge in [0.05, 0.1) is 13.2 Å². The topological polar surface area (TPSA) is 74.8 Å². The van der Waals surface area contributed by atoms with Gasteiger partial charge in [-0.1, -0.05) is 30.3 Å². The fourth-order valence-electron chi connectivity index (χ4n) is 1.94. The smallest absolute Gasteiger partial charge is 0.239 e. The predicted molar refractivity (Wildman–Crippen MR) is 104 cm³/mol. The summed E-state index contributed by atoms with van der Waals surface area (Å²) >= 11 is 0. The number of nitrogens with zero attached hydrogens (tertiary/aromatic N) is 1. The Balaban J connectivity index is 0.00000484. The van der Waals surface area contributed by atoms with Crippen LogP contribution in [0.1, 0.15) is 12.5 Å². The van der Waals surface area contributed by atoms with Crippen LogP contribution in [0.5, 0.6) is 0 Å². The van der Waals surface area contributed by atoms with Gasteiger partial charge in [-0.05, 0) is 18.9 Å². The van der Waals surface area contributed by atoms with E-state index in [1.807, 2.05) is 37.3 Å². The van der Waals surface area contributed by atoms with Gasteiger partial charge in [0.15, 0.2) is 5.96 Å². The molecule has 0 bridgehead atoms. The fraction of sp³-hybridized carbons (Fsp3) is 0.500. The maximum Gasteiger partial charge on any atom is 0.239 e. The van der Waals surface area contributed by atoms with Crippen molar-refractivity contribution in [3.05, 3.63) is 35.9 Å². The second-order valence-electron chi connectivity index (χ2n) is 5.01. The van der Waals surface area contributed by atoms with Crippen LogP contribution in [0.3, 0.4) is 0 Å². The highest BCUT2D eigenvalue weighted by Gasteiger charge is 2.06. The van der Waals surface area contributed by atoms with Crippen molar-refractivity contribution >= 4 is 35.8 Å². The first-order valence-electron chi connectivity index (χ1n) is 7.42. The quantitative estimate of drug-likeness (QED) is 0.326. The second kappa shape index (κ2) is 13.1. The Bertz CT molecular complexity index is 468. The van der Waals surface area contributed by atoms with Crippen molar-refractivity contribution < 1.29 is 9.53 Å². The Kier molecular flexibility index (Phi) is 12.4. The molecule has 1 atom stereocenters. The molecule has 0 fully saturated rings. The molecule has 1 aromatic carbocycles. The van der Waals surface area contributed by atoms with Crippen LogP contribution in [0.25, 0.3) is 0 Å². The lowest BCUT2D eigenvalue weighted by atomic mass is 10.1. The monoisotopic (exact) mass is 434 g/mol. The minimum atomic E-state index is -0.0572. The van der Waals surface area contributed by atoms with E-state index in [-0.39, 0.29) is 42.5 Å². The van der Waals surface area contributed by atoms with E-state index in [9.17, 15) is 4.79 Å². The van der Waals surface area contributed by atoms with E-state index < -0.39 is 0 Å². The fourth-order valence-corrected chi connectivity index (χ4v) is 1.94. The van der Waals surface area contributed by atoms with Crippen LogP contribution in [0.2, 0.25) is 0 Å². The lowest BCUT2D eigenvalue weighted by Gasteiger charge is -2.17. The first kappa shape index (κ1) is 21.6. The molecule has 0 heterocycles. The van der Waals surface area contributed by atoms with Gasteiger partial charge in [-0.15, -0.1) is 24.0 Å². The number of carbonyl (C=O) groups is 1. The zero-order chi connectivity index (χ0) is 16.2. The molecule has 130 valence electrons. The van der Waals surface area contributed by atoms with Crippen LogP contribution in [0.15, 0.2) is 35.3 Å². The molecule has 0 spiro atoms. The molecule has 0 radical (unpaired) electrons. The molecule has 3 N–H and O–H groups in total. The zero-order valence-corrected chi connectivity index (χ0v) is 16.3. The van der Waals surface area contributed by atoms with Gasteiger partial charge in [-0.25, -0.2) is 0 Å². The number of methoxy groups -OCH3 is 1. The number of benzene rings is 1. The number of guanidine groups is 1. The van der Waals surface area contributed by atoms with Gasteiger partial charge in [-0.3, -0.25) is 9.79 Å². The molecule has 1 aromatic rings. The molecule has 1 amide bonds. The molecule has 7 heteroatoms. The van der Waals surface area contributed by atoms with Crippen LogP contribution >= 0.6 is 24.0 Å².